The molecule has 1 aliphatic heterocycles. The number of hydrogen-bond donors (Lipinski definition) is 9. The maximum absolute atomic E-state index is 15.3. The zero-order chi connectivity index (χ0) is 60.8. The van der Waals surface area contributed by atoms with Crippen LogP contribution < -0.4 is 31.9 Å². The van der Waals surface area contributed by atoms with Crippen molar-refractivity contribution in [1.29, 1.82) is 0 Å². The zero-order valence-electron chi connectivity index (χ0n) is 48.6. The van der Waals surface area contributed by atoms with E-state index < -0.39 is 89.5 Å². The van der Waals surface area contributed by atoms with Gasteiger partial charge in [-0.1, -0.05) is 90.9 Å². The molecule has 0 spiro atoms. The number of H-pyrrole nitrogens is 1. The van der Waals surface area contributed by atoms with E-state index in [0.717, 1.165) is 27.2 Å². The second-order valence-corrected chi connectivity index (χ2v) is 24.3. The van der Waals surface area contributed by atoms with Gasteiger partial charge in [0, 0.05) is 81.4 Å². The molecule has 84 heavy (non-hydrogen) atoms. The number of benzene rings is 3. The number of aromatic hydroxyl groups is 1. The maximum atomic E-state index is 15.3. The fourth-order valence-electron chi connectivity index (χ4n) is 9.51. The number of hydrogen-bond acceptors (Lipinski definition) is 14. The van der Waals surface area contributed by atoms with E-state index in [1.165, 1.54) is 36.9 Å². The number of amides is 8. The fourth-order valence-corrected chi connectivity index (χ4v) is 11.4. The van der Waals surface area contributed by atoms with Gasteiger partial charge in [0.2, 0.25) is 41.4 Å². The molecule has 23 heteroatoms. The number of pyridine rings is 1. The average molecular weight is 1190 g/mol. The molecule has 21 nitrogen and oxygen atoms in total. The van der Waals surface area contributed by atoms with E-state index in [4.69, 9.17) is 4.74 Å². The summed E-state index contributed by atoms with van der Waals surface area (Å²) in [6.45, 7) is 9.46. The summed E-state index contributed by atoms with van der Waals surface area (Å²) in [6, 6.07) is 18.9. The highest BCUT2D eigenvalue weighted by Crippen LogP contribution is 2.29. The number of likely N-dealkylation sites (N-methyl/N-ethyl adjacent to an activating group) is 1. The Balaban J connectivity index is 1.40. The minimum Gasteiger partial charge on any atom is -0.508 e. The minimum absolute atomic E-state index is 0.0425. The van der Waals surface area contributed by atoms with Gasteiger partial charge in [0.05, 0.1) is 6.10 Å². The minimum atomic E-state index is -1.69. The SMILES string of the molecule is CCCCN(CCSSc1ccccn1)C(=O)CC[C@H]1C(=O)N[C@@H](Cc2ccc(O)cc2)C(=O)N[C@H](Cc2c[nH]c3ccccc23)C(=O)N[C@@H](CCCCNC(=O)OC(C)(C)C)C(=O)N[C@@H]([C@@H](C)O)C(=O)N[C@@H](Cc2ccccc2)C(=O)N1C. The average Bonchev–Trinajstić information content (AvgIpc) is 4.04. The van der Waals surface area contributed by atoms with E-state index in [-0.39, 0.29) is 63.1 Å². The van der Waals surface area contributed by atoms with E-state index >= 15 is 14.4 Å². The summed E-state index contributed by atoms with van der Waals surface area (Å²) in [6.07, 6.45) is 2.44. The van der Waals surface area contributed by atoms with Crippen LogP contribution in [-0.2, 0) is 57.6 Å². The topological polar surface area (TPSA) is 294 Å². The number of aromatic nitrogens is 2. The number of fused-ring (bicyclic) bond motifs is 1. The molecule has 6 rings (SSSR count). The van der Waals surface area contributed by atoms with E-state index in [1.807, 2.05) is 49.4 Å². The Morgan fingerprint density at radius 2 is 1.36 bits per heavy atom. The zero-order valence-corrected chi connectivity index (χ0v) is 50.2. The number of phenolic OH excluding ortho intramolecular Hbond substituents is 1. The third-order valence-corrected chi connectivity index (χ3v) is 16.3. The fraction of sp³-hybridized carbons (Fsp3) is 0.459. The van der Waals surface area contributed by atoms with Crippen molar-refractivity contribution in [3.63, 3.8) is 0 Å². The molecule has 5 aromatic rings. The van der Waals surface area contributed by atoms with E-state index in [9.17, 15) is 34.2 Å². The Bertz CT molecular complexity index is 2980. The van der Waals surface area contributed by atoms with Crippen LogP contribution in [0.2, 0.25) is 0 Å². The van der Waals surface area contributed by atoms with Crippen molar-refractivity contribution in [3.05, 3.63) is 126 Å². The predicted molar refractivity (Wildman–Crippen MR) is 323 cm³/mol. The molecule has 1 saturated heterocycles. The smallest absolute Gasteiger partial charge is 0.407 e. The molecule has 2 aromatic heterocycles. The summed E-state index contributed by atoms with van der Waals surface area (Å²) in [5.41, 5.74) is 1.75. The Morgan fingerprint density at radius 1 is 0.726 bits per heavy atom. The number of carbonyl (C=O) groups excluding carboxylic acids is 8. The number of aliphatic hydroxyl groups excluding tert-OH is 1. The summed E-state index contributed by atoms with van der Waals surface area (Å²) in [4.78, 5) is 127. The quantitative estimate of drug-likeness (QED) is 0.0289. The Hall–Kier alpha value is -7.63. The number of para-hydroxylation sites is 1. The van der Waals surface area contributed by atoms with Gasteiger partial charge in [0.1, 0.15) is 52.6 Å². The molecule has 7 atom stereocenters. The monoisotopic (exact) mass is 1190 g/mol. The molecule has 0 aliphatic carbocycles. The van der Waals surface area contributed by atoms with Gasteiger partial charge in [-0.25, -0.2) is 9.78 Å². The van der Waals surface area contributed by atoms with Gasteiger partial charge in [-0.2, -0.15) is 0 Å². The number of phenols is 1. The summed E-state index contributed by atoms with van der Waals surface area (Å²) < 4.78 is 5.36. The molecule has 0 bridgehead atoms. The van der Waals surface area contributed by atoms with Gasteiger partial charge >= 0.3 is 6.09 Å². The first-order valence-electron chi connectivity index (χ1n) is 28.5. The Morgan fingerprint density at radius 3 is 2.05 bits per heavy atom. The second-order valence-electron chi connectivity index (χ2n) is 21.8. The molecule has 1 fully saturated rings. The van der Waals surface area contributed by atoms with Gasteiger partial charge in [0.25, 0.3) is 0 Å². The molecule has 3 aromatic carbocycles. The lowest BCUT2D eigenvalue weighted by atomic mass is 9.99. The van der Waals surface area contributed by atoms with E-state index in [2.05, 4.69) is 41.9 Å². The van der Waals surface area contributed by atoms with Crippen LogP contribution in [0.25, 0.3) is 10.9 Å². The standard InChI is InChI=1S/C61H80N10O11S2/c1-7-8-32-71(33-34-83-84-51-23-15-17-30-62-51)52(74)29-28-50-57(78)67-47(35-41-24-26-43(73)27-25-41)55(76)66-48(37-42-38-64-45-21-13-12-20-44(42)45)56(77)65-46(22-14-16-31-63-60(81)82-61(3,4)5)54(75)69-53(39(2)72)58(79)68-49(59(80)70(50)6)36-40-18-10-9-11-19-40/h9-13,15,17-21,23-27,30,38-39,46-50,53,64,72-73H,7-8,14,16,22,28-29,31-37H2,1-6H3,(H,63,81)(H,65,77)(H,66,76)(H,67,78)(H,68,79)(H,69,75)/t39-,46+,47+,48-,49+,50+,53+/m1/s1. The number of nitrogens with one attached hydrogen (secondary N) is 7. The number of alkyl carbamates (subject to hydrolysis) is 1. The van der Waals surface area contributed by atoms with E-state index in [0.29, 0.717) is 48.4 Å². The van der Waals surface area contributed by atoms with Crippen LogP contribution in [0.4, 0.5) is 4.79 Å². The summed E-state index contributed by atoms with van der Waals surface area (Å²) in [7, 11) is 4.40. The van der Waals surface area contributed by atoms with Crippen molar-refractivity contribution in [3.8, 4) is 5.75 Å². The van der Waals surface area contributed by atoms with Crippen LogP contribution in [0.1, 0.15) is 96.3 Å². The predicted octanol–water partition coefficient (Wildman–Crippen LogP) is 5.49. The summed E-state index contributed by atoms with van der Waals surface area (Å²) >= 11 is 0. The molecular weight excluding hydrogens is 1110 g/mol. The Labute approximate surface area is 498 Å². The van der Waals surface area contributed by atoms with Crippen LogP contribution >= 0.6 is 21.6 Å². The van der Waals surface area contributed by atoms with E-state index in [1.54, 1.807) is 91.3 Å². The van der Waals surface area contributed by atoms with Crippen molar-refractivity contribution < 1.29 is 53.3 Å². The highest BCUT2D eigenvalue weighted by molar-refractivity contribution is 8.76. The normalized spacial score (nSPS) is 19.9. The molecule has 0 unspecified atom stereocenters. The number of rotatable bonds is 23. The highest BCUT2D eigenvalue weighted by atomic mass is 33.1. The van der Waals surface area contributed by atoms with Crippen molar-refractivity contribution in [2.45, 2.75) is 152 Å². The molecular formula is C61H80N10O11S2. The molecule has 8 amide bonds. The lowest BCUT2D eigenvalue weighted by Crippen LogP contribution is -2.63. The Kier molecular flexibility index (Phi) is 25.3. The second kappa shape index (κ2) is 32.4. The lowest BCUT2D eigenvalue weighted by molar-refractivity contribution is -0.144. The lowest BCUT2D eigenvalue weighted by Gasteiger charge is -2.34. The first kappa shape index (κ1) is 65.5. The van der Waals surface area contributed by atoms with Crippen molar-refractivity contribution in [2.24, 2.45) is 0 Å². The van der Waals surface area contributed by atoms with Gasteiger partial charge in [-0.3, -0.25) is 33.6 Å². The van der Waals surface area contributed by atoms with Gasteiger partial charge in [0.15, 0.2) is 0 Å². The number of aliphatic hydroxyl groups is 1. The largest absolute Gasteiger partial charge is 0.508 e. The highest BCUT2D eigenvalue weighted by Gasteiger charge is 2.39. The molecule has 3 heterocycles. The van der Waals surface area contributed by atoms with Crippen molar-refractivity contribution in [1.82, 2.24) is 51.7 Å². The number of aromatic amines is 1. The first-order chi connectivity index (χ1) is 40.2. The molecule has 452 valence electrons. The number of carbonyl (C=O) groups is 8. The number of unbranched alkanes of at least 4 members (excludes halogenated alkanes) is 2. The number of ether oxygens (including phenoxy) is 1. The molecule has 0 saturated carbocycles. The molecule has 1 aliphatic rings. The van der Waals surface area contributed by atoms with Crippen LogP contribution in [0.5, 0.6) is 5.75 Å². The van der Waals surface area contributed by atoms with Gasteiger partial charge < -0.3 is 61.6 Å². The first-order valence-corrected chi connectivity index (χ1v) is 30.8. The van der Waals surface area contributed by atoms with Crippen molar-refractivity contribution >= 4 is 79.9 Å². The number of nitrogens with zero attached hydrogens (tertiary/aromatic N) is 3. The third kappa shape index (κ3) is 20.6. The molecule has 0 radical (unpaired) electrons. The maximum Gasteiger partial charge on any atom is 0.407 e. The third-order valence-electron chi connectivity index (χ3n) is 14.0. The van der Waals surface area contributed by atoms with Gasteiger partial charge in [-0.15, -0.1) is 0 Å². The molecule has 9 N–H and O–H groups in total. The van der Waals surface area contributed by atoms with Crippen LogP contribution in [0.3, 0.4) is 0 Å². The summed E-state index contributed by atoms with van der Waals surface area (Å²) in [5, 5.41) is 39.6. The van der Waals surface area contributed by atoms with Crippen LogP contribution in [-0.4, -0.2) is 158 Å². The van der Waals surface area contributed by atoms with Gasteiger partial charge in [-0.05, 0) is 118 Å². The van der Waals surface area contributed by atoms with Crippen LogP contribution in [0, 0.1) is 0 Å². The van der Waals surface area contributed by atoms with Crippen LogP contribution in [0.15, 0.2) is 114 Å². The summed E-state index contributed by atoms with van der Waals surface area (Å²) in [5.74, 6) is -4.77. The van der Waals surface area contributed by atoms with Crippen molar-refractivity contribution in [2.75, 3.05) is 32.4 Å².